The number of nitrogens with one attached hydrogen (secondary N) is 1. The molecule has 2 aromatic carbocycles. The van der Waals surface area contributed by atoms with Crippen molar-refractivity contribution in [3.05, 3.63) is 66.9 Å². The standard InChI is InChI=1S/C24H24BN5O3S/c25-20-16-27-30-23(14-21(28-24(20)30)19-8-4-5-9-22(19)31)26-15-17-10-12-29(13-11-17)34(32,33)18-6-2-1-3-7-18/h1-9,14,16-17,26,31H,10-13,15H2. The lowest BCUT2D eigenvalue weighted by molar-refractivity contribution is 0.282. The Kier molecular flexibility index (Phi) is 6.01. The molecule has 1 aliphatic rings. The first-order valence-corrected chi connectivity index (χ1v) is 12.6. The van der Waals surface area contributed by atoms with Gasteiger partial charge in [0.25, 0.3) is 0 Å². The van der Waals surface area contributed by atoms with Gasteiger partial charge in [0.1, 0.15) is 19.4 Å². The molecule has 2 N–H and O–H groups in total. The highest BCUT2D eigenvalue weighted by Crippen LogP contribution is 2.30. The van der Waals surface area contributed by atoms with Gasteiger partial charge >= 0.3 is 0 Å². The maximum absolute atomic E-state index is 12.9. The van der Waals surface area contributed by atoms with E-state index in [2.05, 4.69) is 15.4 Å². The summed E-state index contributed by atoms with van der Waals surface area (Å²) in [7, 11) is 2.61. The highest BCUT2D eigenvalue weighted by molar-refractivity contribution is 7.89. The molecular weight excluding hydrogens is 449 g/mol. The quantitative estimate of drug-likeness (QED) is 0.418. The molecule has 1 aliphatic heterocycles. The van der Waals surface area contributed by atoms with E-state index < -0.39 is 10.0 Å². The zero-order valence-corrected chi connectivity index (χ0v) is 19.3. The van der Waals surface area contributed by atoms with Crippen LogP contribution in [-0.2, 0) is 10.0 Å². The first kappa shape index (κ1) is 22.4. The molecule has 4 aromatic rings. The van der Waals surface area contributed by atoms with Gasteiger partial charge in [-0.1, -0.05) is 30.3 Å². The lowest BCUT2D eigenvalue weighted by Gasteiger charge is -2.31. The number of phenolic OH excluding ortho intramolecular Hbond substituents is 1. The summed E-state index contributed by atoms with van der Waals surface area (Å²) in [6, 6.07) is 17.4. The third kappa shape index (κ3) is 4.26. The number of benzene rings is 2. The molecule has 172 valence electrons. The molecule has 0 amide bonds. The zero-order chi connectivity index (χ0) is 23.7. The van der Waals surface area contributed by atoms with Crippen molar-refractivity contribution in [3.8, 4) is 17.0 Å². The average molecular weight is 473 g/mol. The van der Waals surface area contributed by atoms with Crippen molar-refractivity contribution in [3.63, 3.8) is 0 Å². The van der Waals surface area contributed by atoms with Gasteiger partial charge in [0.05, 0.1) is 10.6 Å². The van der Waals surface area contributed by atoms with Crippen molar-refractivity contribution in [2.24, 2.45) is 5.92 Å². The minimum atomic E-state index is -3.47. The highest BCUT2D eigenvalue weighted by atomic mass is 32.2. The van der Waals surface area contributed by atoms with Crippen molar-refractivity contribution < 1.29 is 13.5 Å². The number of rotatable bonds is 6. The Morgan fingerprint density at radius 2 is 1.76 bits per heavy atom. The number of hydrogen-bond acceptors (Lipinski definition) is 6. The minimum absolute atomic E-state index is 0.135. The van der Waals surface area contributed by atoms with Gasteiger partial charge in [-0.25, -0.2) is 13.4 Å². The number of sulfonamides is 1. The second-order valence-electron chi connectivity index (χ2n) is 8.42. The van der Waals surface area contributed by atoms with Crippen LogP contribution in [0.5, 0.6) is 5.75 Å². The Bertz CT molecular complexity index is 1420. The van der Waals surface area contributed by atoms with Crippen LogP contribution in [0.2, 0.25) is 0 Å². The molecule has 1 saturated heterocycles. The Morgan fingerprint density at radius 3 is 2.50 bits per heavy atom. The topological polar surface area (TPSA) is 99.8 Å². The molecule has 3 heterocycles. The Hall–Kier alpha value is -3.37. The summed E-state index contributed by atoms with van der Waals surface area (Å²) in [5.41, 5.74) is 2.14. The SMILES string of the molecule is [B]c1cnn2c(NCC3CCN(S(=O)(=O)c4ccccc4)CC3)cc(-c3ccccc3O)nc12. The van der Waals surface area contributed by atoms with Crippen LogP contribution < -0.4 is 10.8 Å². The van der Waals surface area contributed by atoms with Crippen LogP contribution in [0, 0.1) is 5.92 Å². The summed E-state index contributed by atoms with van der Waals surface area (Å²) >= 11 is 0. The third-order valence-corrected chi connectivity index (χ3v) is 8.12. The van der Waals surface area contributed by atoms with Gasteiger partial charge in [0.2, 0.25) is 10.0 Å². The maximum atomic E-state index is 12.9. The number of fused-ring (bicyclic) bond motifs is 1. The molecule has 0 bridgehead atoms. The highest BCUT2D eigenvalue weighted by Gasteiger charge is 2.29. The molecule has 0 unspecified atom stereocenters. The largest absolute Gasteiger partial charge is 0.507 e. The molecule has 0 aliphatic carbocycles. The van der Waals surface area contributed by atoms with Gasteiger partial charge in [-0.15, -0.1) is 0 Å². The molecule has 2 radical (unpaired) electrons. The molecule has 10 heteroatoms. The monoisotopic (exact) mass is 473 g/mol. The predicted octanol–water partition coefficient (Wildman–Crippen LogP) is 2.41. The number of hydrogen-bond donors (Lipinski definition) is 2. The van der Waals surface area contributed by atoms with Crippen LogP contribution >= 0.6 is 0 Å². The van der Waals surface area contributed by atoms with Crippen molar-refractivity contribution in [1.29, 1.82) is 0 Å². The molecule has 5 rings (SSSR count). The minimum Gasteiger partial charge on any atom is -0.507 e. The second kappa shape index (κ2) is 9.11. The van der Waals surface area contributed by atoms with Gasteiger partial charge in [0, 0.05) is 37.5 Å². The third-order valence-electron chi connectivity index (χ3n) is 6.21. The van der Waals surface area contributed by atoms with Crippen molar-refractivity contribution >= 4 is 34.8 Å². The molecule has 1 fully saturated rings. The van der Waals surface area contributed by atoms with Crippen LogP contribution in [0.3, 0.4) is 0 Å². The molecule has 0 saturated carbocycles. The molecule has 2 aromatic heterocycles. The number of piperidine rings is 1. The molecule has 0 spiro atoms. The summed E-state index contributed by atoms with van der Waals surface area (Å²) in [4.78, 5) is 4.92. The summed E-state index contributed by atoms with van der Waals surface area (Å²) in [5, 5.41) is 18.1. The van der Waals surface area contributed by atoms with E-state index >= 15 is 0 Å². The summed E-state index contributed by atoms with van der Waals surface area (Å²) in [5.74, 6) is 1.14. The fourth-order valence-electron chi connectivity index (χ4n) is 4.28. The smallest absolute Gasteiger partial charge is 0.243 e. The fraction of sp³-hybridized carbons (Fsp3) is 0.250. The van der Waals surface area contributed by atoms with Gasteiger partial charge < -0.3 is 10.4 Å². The van der Waals surface area contributed by atoms with E-state index in [-0.39, 0.29) is 5.75 Å². The van der Waals surface area contributed by atoms with E-state index in [0.717, 1.165) is 12.8 Å². The normalized spacial score (nSPS) is 15.5. The van der Waals surface area contributed by atoms with Crippen LogP contribution in [0.4, 0.5) is 5.82 Å². The number of aromatic hydroxyl groups is 1. The van der Waals surface area contributed by atoms with Crippen molar-refractivity contribution in [2.45, 2.75) is 17.7 Å². The van der Waals surface area contributed by atoms with E-state index in [1.165, 1.54) is 0 Å². The summed E-state index contributed by atoms with van der Waals surface area (Å²) in [6.07, 6.45) is 3.05. The molecule has 0 atom stereocenters. The molecular formula is C24H24BN5O3S. The number of phenols is 1. The Labute approximate surface area is 199 Å². The average Bonchev–Trinajstić information content (AvgIpc) is 3.24. The summed E-state index contributed by atoms with van der Waals surface area (Å²) < 4.78 is 29.0. The van der Waals surface area contributed by atoms with Crippen molar-refractivity contribution in [2.75, 3.05) is 25.0 Å². The Balaban J connectivity index is 1.31. The van der Waals surface area contributed by atoms with Gasteiger partial charge in [-0.2, -0.15) is 13.9 Å². The number of nitrogens with zero attached hydrogens (tertiary/aromatic N) is 4. The lowest BCUT2D eigenvalue weighted by atomic mass is 9.98. The van der Waals surface area contributed by atoms with Gasteiger partial charge in [-0.3, -0.25) is 0 Å². The lowest BCUT2D eigenvalue weighted by Crippen LogP contribution is -2.39. The van der Waals surface area contributed by atoms with Crippen LogP contribution in [0.25, 0.3) is 16.9 Å². The molecule has 8 nitrogen and oxygen atoms in total. The number of anilines is 1. The van der Waals surface area contributed by atoms with E-state index in [9.17, 15) is 13.5 Å². The molecule has 34 heavy (non-hydrogen) atoms. The van der Waals surface area contributed by atoms with Crippen LogP contribution in [-0.4, -0.2) is 59.9 Å². The predicted molar refractivity (Wildman–Crippen MR) is 132 cm³/mol. The first-order chi connectivity index (χ1) is 16.4. The fourth-order valence-corrected chi connectivity index (χ4v) is 5.77. The van der Waals surface area contributed by atoms with Gasteiger partial charge in [0.15, 0.2) is 5.65 Å². The number of para-hydroxylation sites is 1. The van der Waals surface area contributed by atoms with E-state index in [4.69, 9.17) is 7.85 Å². The number of aromatic nitrogens is 3. The van der Waals surface area contributed by atoms with E-state index in [1.54, 1.807) is 57.5 Å². The van der Waals surface area contributed by atoms with Crippen molar-refractivity contribution in [1.82, 2.24) is 18.9 Å². The van der Waals surface area contributed by atoms with Gasteiger partial charge in [-0.05, 0) is 48.5 Å². The maximum Gasteiger partial charge on any atom is 0.243 e. The van der Waals surface area contributed by atoms with E-state index in [0.29, 0.717) is 58.6 Å². The van der Waals surface area contributed by atoms with Crippen LogP contribution in [0.1, 0.15) is 12.8 Å². The van der Waals surface area contributed by atoms with E-state index in [1.807, 2.05) is 18.2 Å². The first-order valence-electron chi connectivity index (χ1n) is 11.1. The van der Waals surface area contributed by atoms with Crippen LogP contribution in [0.15, 0.2) is 71.8 Å². The Morgan fingerprint density at radius 1 is 1.06 bits per heavy atom. The second-order valence-corrected chi connectivity index (χ2v) is 10.4. The summed E-state index contributed by atoms with van der Waals surface area (Å²) in [6.45, 7) is 1.61. The zero-order valence-electron chi connectivity index (χ0n) is 18.5.